The van der Waals surface area contributed by atoms with Gasteiger partial charge in [-0.3, -0.25) is 19.9 Å². The number of hydrogen-bond donors (Lipinski definition) is 0. The van der Waals surface area contributed by atoms with E-state index in [-0.39, 0.29) is 0 Å². The molecule has 0 N–H and O–H groups in total. The fraction of sp³-hybridized carbons (Fsp3) is 0.0145. The van der Waals surface area contributed by atoms with Crippen molar-refractivity contribution in [3.63, 3.8) is 0 Å². The lowest BCUT2D eigenvalue weighted by atomic mass is 10.0. The Morgan fingerprint density at radius 3 is 0.870 bits per heavy atom. The van der Waals surface area contributed by atoms with Crippen LogP contribution in [-0.4, -0.2) is 38.2 Å². The summed E-state index contributed by atoms with van der Waals surface area (Å²) in [5.41, 5.74) is 18.9. The van der Waals surface area contributed by atoms with E-state index in [9.17, 15) is 0 Å². The summed E-state index contributed by atoms with van der Waals surface area (Å²) in [5.74, 6) is 0. The van der Waals surface area contributed by atoms with Crippen molar-refractivity contribution < 1.29 is 0 Å². The van der Waals surface area contributed by atoms with Gasteiger partial charge in [-0.1, -0.05) is 121 Å². The summed E-state index contributed by atoms with van der Waals surface area (Å²) in [6.07, 6.45) is 16.2. The van der Waals surface area contributed by atoms with Gasteiger partial charge in [0, 0.05) is 103 Å². The summed E-state index contributed by atoms with van der Waals surface area (Å²) < 4.78 is 9.24. The number of pyridine rings is 4. The van der Waals surface area contributed by atoms with Crippen molar-refractivity contribution in [2.24, 2.45) is 0 Å². The lowest BCUT2D eigenvalue weighted by Gasteiger charge is -2.11. The van der Waals surface area contributed by atoms with Gasteiger partial charge in [0.1, 0.15) is 0 Å². The number of fused-ring (bicyclic) bond motifs is 12. The van der Waals surface area contributed by atoms with E-state index < -0.39 is 0 Å². The van der Waals surface area contributed by atoms with E-state index in [1.807, 2.05) is 49.6 Å². The van der Waals surface area contributed by atoms with Crippen molar-refractivity contribution in [1.82, 2.24) is 38.2 Å². The smallest absolute Gasteiger partial charge is 0.0724 e. The molecule has 362 valence electrons. The Balaban J connectivity index is 0.000000134. The van der Waals surface area contributed by atoms with E-state index in [0.717, 1.165) is 40.2 Å². The Morgan fingerprint density at radius 2 is 0.494 bits per heavy atom. The summed E-state index contributed by atoms with van der Waals surface area (Å²) in [6, 6.07) is 78.0. The van der Waals surface area contributed by atoms with E-state index in [2.05, 4.69) is 257 Å². The van der Waals surface area contributed by atoms with Gasteiger partial charge in [0.25, 0.3) is 0 Å². The average Bonchev–Trinajstić information content (AvgIpc) is 4.31. The molecule has 16 rings (SSSR count). The Labute approximate surface area is 442 Å². The Hall–Kier alpha value is -10.4. The van der Waals surface area contributed by atoms with E-state index in [1.54, 1.807) is 0 Å². The molecule has 0 aliphatic heterocycles. The predicted molar refractivity (Wildman–Crippen MR) is 316 cm³/mol. The van der Waals surface area contributed by atoms with Crippen LogP contribution in [0.3, 0.4) is 0 Å². The summed E-state index contributed by atoms with van der Waals surface area (Å²) in [7, 11) is 0. The molecular weight excluding hydrogens is 941 g/mol. The Kier molecular flexibility index (Phi) is 10.4. The highest BCUT2D eigenvalue weighted by molar-refractivity contribution is 6.11. The second-order valence-electron chi connectivity index (χ2n) is 19.6. The molecule has 16 aromatic rings. The topological polar surface area (TPSA) is 71.3 Å². The summed E-state index contributed by atoms with van der Waals surface area (Å²) >= 11 is 0. The molecule has 8 nitrogen and oxygen atoms in total. The molecule has 8 heterocycles. The number of hydrogen-bond acceptors (Lipinski definition) is 4. The minimum absolute atomic E-state index is 0.879. The fourth-order valence-corrected chi connectivity index (χ4v) is 11.7. The van der Waals surface area contributed by atoms with Crippen LogP contribution in [0.15, 0.2) is 268 Å². The molecule has 0 fully saturated rings. The van der Waals surface area contributed by atoms with Gasteiger partial charge in [0.05, 0.1) is 56.5 Å². The summed E-state index contributed by atoms with van der Waals surface area (Å²) in [4.78, 5) is 17.5. The number of aromatic nitrogens is 8. The van der Waals surface area contributed by atoms with E-state index >= 15 is 0 Å². The maximum Gasteiger partial charge on any atom is 0.0724 e. The molecule has 0 atom stereocenters. The van der Waals surface area contributed by atoms with Crippen LogP contribution >= 0.6 is 0 Å². The highest BCUT2D eigenvalue weighted by Crippen LogP contribution is 2.36. The van der Waals surface area contributed by atoms with E-state index in [4.69, 9.17) is 0 Å². The molecule has 8 aromatic carbocycles. The summed E-state index contributed by atoms with van der Waals surface area (Å²) in [6.45, 7) is 0. The van der Waals surface area contributed by atoms with Crippen LogP contribution in [0.2, 0.25) is 0 Å². The maximum absolute atomic E-state index is 4.40. The highest BCUT2D eigenvalue weighted by atomic mass is 15.0. The van der Waals surface area contributed by atoms with Crippen molar-refractivity contribution in [2.45, 2.75) is 6.42 Å². The van der Waals surface area contributed by atoms with Crippen molar-refractivity contribution in [3.05, 3.63) is 279 Å². The number of nitrogens with zero attached hydrogens (tertiary/aromatic N) is 8. The first-order valence-corrected chi connectivity index (χ1v) is 25.9. The van der Waals surface area contributed by atoms with Crippen LogP contribution in [-0.2, 0) is 6.42 Å². The normalized spacial score (nSPS) is 11.7. The standard InChI is InChI=1S/C35H24N4.C34H22N4/c1-3-7-32-28(5-1)30-17-19-36-22-34(30)38(32)26-13-9-24(10-14-26)21-25-11-15-27(16-12-25)39-33-8-4-2-6-29(33)31-18-20-37-23-35(31)39;1-3-7-31-27(5-1)29-21-35-19-17-33(29)37(31)25-13-9-23(10-14-25)24-11-15-26(16-12-24)38-32-8-4-2-6-28(32)30-22-36-20-18-34(30)38/h1-20,22-23H,21H2;1-22H. The lowest BCUT2D eigenvalue weighted by molar-refractivity contribution is 1.13. The molecule has 0 aliphatic rings. The van der Waals surface area contributed by atoms with Gasteiger partial charge in [-0.2, -0.15) is 0 Å². The molecular formula is C69H46N8. The largest absolute Gasteiger partial charge is 0.309 e. The molecule has 0 amide bonds. The molecule has 8 heteroatoms. The molecule has 77 heavy (non-hydrogen) atoms. The second kappa shape index (κ2) is 18.2. The van der Waals surface area contributed by atoms with E-state index in [1.165, 1.54) is 98.4 Å². The van der Waals surface area contributed by atoms with Gasteiger partial charge in [0.15, 0.2) is 0 Å². The first kappa shape index (κ1) is 44.1. The zero-order valence-corrected chi connectivity index (χ0v) is 41.7. The summed E-state index contributed by atoms with van der Waals surface area (Å²) in [5, 5.41) is 9.73. The molecule has 0 radical (unpaired) electrons. The molecule has 0 spiro atoms. The third-order valence-corrected chi connectivity index (χ3v) is 15.3. The first-order chi connectivity index (χ1) is 38.2. The first-order valence-electron chi connectivity index (χ1n) is 25.9. The third-order valence-electron chi connectivity index (χ3n) is 15.3. The van der Waals surface area contributed by atoms with Crippen LogP contribution in [0.25, 0.3) is 121 Å². The second-order valence-corrected chi connectivity index (χ2v) is 19.6. The minimum atomic E-state index is 0.879. The monoisotopic (exact) mass is 986 g/mol. The molecule has 0 bridgehead atoms. The maximum atomic E-state index is 4.40. The molecule has 0 saturated carbocycles. The van der Waals surface area contributed by atoms with Gasteiger partial charge in [-0.15, -0.1) is 0 Å². The van der Waals surface area contributed by atoms with Gasteiger partial charge in [0.2, 0.25) is 0 Å². The van der Waals surface area contributed by atoms with Crippen molar-refractivity contribution in [3.8, 4) is 33.9 Å². The molecule has 0 aliphatic carbocycles. The predicted octanol–water partition coefficient (Wildman–Crippen LogP) is 16.6. The molecule has 8 aromatic heterocycles. The van der Waals surface area contributed by atoms with Crippen LogP contribution in [0.1, 0.15) is 11.1 Å². The zero-order chi connectivity index (χ0) is 50.8. The van der Waals surface area contributed by atoms with Crippen LogP contribution in [0.4, 0.5) is 0 Å². The Morgan fingerprint density at radius 1 is 0.221 bits per heavy atom. The number of rotatable bonds is 7. The zero-order valence-electron chi connectivity index (χ0n) is 41.7. The van der Waals surface area contributed by atoms with E-state index in [0.29, 0.717) is 0 Å². The molecule has 0 saturated heterocycles. The number of benzene rings is 8. The quantitative estimate of drug-likeness (QED) is 0.159. The lowest BCUT2D eigenvalue weighted by Crippen LogP contribution is -1.96. The highest BCUT2D eigenvalue weighted by Gasteiger charge is 2.16. The van der Waals surface area contributed by atoms with Crippen LogP contribution in [0, 0.1) is 0 Å². The minimum Gasteiger partial charge on any atom is -0.309 e. The number of para-hydroxylation sites is 4. The van der Waals surface area contributed by atoms with Crippen molar-refractivity contribution >= 4 is 87.2 Å². The SMILES string of the molecule is c1ccc2c(c1)c1ccncc1n2-c1ccc(Cc2ccc(-n3c4ccccc4c4ccncc43)cc2)cc1.c1ccc2c(c1)c1cnccc1n2-c1ccc(-c2ccc(-n3c4ccccc4c4cnccc43)cc2)cc1. The Bertz CT molecular complexity index is 4340. The van der Waals surface area contributed by atoms with Gasteiger partial charge in [-0.25, -0.2) is 0 Å². The third kappa shape index (κ3) is 7.37. The van der Waals surface area contributed by atoms with Crippen LogP contribution in [0.5, 0.6) is 0 Å². The molecule has 0 unspecified atom stereocenters. The average molecular weight is 987 g/mol. The fourth-order valence-electron chi connectivity index (χ4n) is 11.7. The van der Waals surface area contributed by atoms with Gasteiger partial charge >= 0.3 is 0 Å². The van der Waals surface area contributed by atoms with Crippen LogP contribution < -0.4 is 0 Å². The van der Waals surface area contributed by atoms with Gasteiger partial charge < -0.3 is 18.3 Å². The van der Waals surface area contributed by atoms with Crippen molar-refractivity contribution in [1.29, 1.82) is 0 Å². The van der Waals surface area contributed by atoms with Gasteiger partial charge in [-0.05, 0) is 126 Å². The van der Waals surface area contributed by atoms with Crippen molar-refractivity contribution in [2.75, 3.05) is 0 Å².